The maximum atomic E-state index is 13.2. The minimum Gasteiger partial charge on any atom is -0.507 e. The van der Waals surface area contributed by atoms with Crippen LogP contribution in [0.4, 0.5) is 5.69 Å². The van der Waals surface area contributed by atoms with E-state index in [0.717, 1.165) is 5.56 Å². The Kier molecular flexibility index (Phi) is 4.66. The summed E-state index contributed by atoms with van der Waals surface area (Å²) in [5.41, 5.74) is 2.38. The summed E-state index contributed by atoms with van der Waals surface area (Å²) in [6.07, 6.45) is 1.59. The molecule has 1 aliphatic heterocycles. The van der Waals surface area contributed by atoms with Gasteiger partial charge in [0.1, 0.15) is 11.5 Å². The van der Waals surface area contributed by atoms with Crippen LogP contribution in [0, 0.1) is 0 Å². The van der Waals surface area contributed by atoms with E-state index >= 15 is 0 Å². The van der Waals surface area contributed by atoms with E-state index in [2.05, 4.69) is 5.10 Å². The van der Waals surface area contributed by atoms with Gasteiger partial charge in [-0.05, 0) is 30.3 Å². The topological polar surface area (TPSA) is 90.2 Å². The van der Waals surface area contributed by atoms with E-state index in [9.17, 15) is 19.8 Å². The standard InChI is InChI=1S/C23H16N2O4/c26-20-12-5-4-9-16(20)14-19-21(15-7-2-1-3-8-15)24-25(22(19)27)18-11-6-10-17(13-18)23(28)29/h1-14,26H,(H,28,29)/b19-14+. The third-order valence-corrected chi connectivity index (χ3v) is 4.50. The number of hydrogen-bond donors (Lipinski definition) is 2. The number of phenolic OH excluding ortho intramolecular Hbond substituents is 1. The van der Waals surface area contributed by atoms with Crippen molar-refractivity contribution in [3.63, 3.8) is 0 Å². The van der Waals surface area contributed by atoms with Gasteiger partial charge in [-0.2, -0.15) is 10.1 Å². The van der Waals surface area contributed by atoms with Gasteiger partial charge < -0.3 is 10.2 Å². The van der Waals surface area contributed by atoms with Gasteiger partial charge in [-0.25, -0.2) is 4.79 Å². The molecule has 3 aromatic carbocycles. The van der Waals surface area contributed by atoms with Crippen LogP contribution in [0.3, 0.4) is 0 Å². The van der Waals surface area contributed by atoms with Crippen LogP contribution in [-0.2, 0) is 4.79 Å². The predicted octanol–water partition coefficient (Wildman–Crippen LogP) is 3.92. The third kappa shape index (κ3) is 3.51. The van der Waals surface area contributed by atoms with Crippen molar-refractivity contribution in [2.45, 2.75) is 0 Å². The summed E-state index contributed by atoms with van der Waals surface area (Å²) in [4.78, 5) is 24.5. The van der Waals surface area contributed by atoms with Gasteiger partial charge in [0.05, 0.1) is 16.8 Å². The lowest BCUT2D eigenvalue weighted by Gasteiger charge is -2.12. The molecule has 29 heavy (non-hydrogen) atoms. The quantitative estimate of drug-likeness (QED) is 0.667. The largest absolute Gasteiger partial charge is 0.507 e. The number of phenols is 1. The molecule has 0 radical (unpaired) electrons. The Morgan fingerprint density at radius 2 is 1.66 bits per heavy atom. The molecule has 0 saturated carbocycles. The highest BCUT2D eigenvalue weighted by molar-refractivity contribution is 6.37. The zero-order chi connectivity index (χ0) is 20.4. The molecule has 1 heterocycles. The van der Waals surface area contributed by atoms with Gasteiger partial charge in [-0.15, -0.1) is 0 Å². The van der Waals surface area contributed by atoms with Crippen LogP contribution >= 0.6 is 0 Å². The number of hydrazone groups is 1. The highest BCUT2D eigenvalue weighted by Gasteiger charge is 2.32. The molecular formula is C23H16N2O4. The number of rotatable bonds is 4. The Hall–Kier alpha value is -4.19. The smallest absolute Gasteiger partial charge is 0.335 e. The molecule has 0 fully saturated rings. The summed E-state index contributed by atoms with van der Waals surface area (Å²) in [5.74, 6) is -1.45. The Bertz CT molecular complexity index is 1170. The average Bonchev–Trinajstić information content (AvgIpc) is 3.07. The summed E-state index contributed by atoms with van der Waals surface area (Å²) in [6, 6.07) is 22.0. The molecule has 142 valence electrons. The van der Waals surface area contributed by atoms with Crippen LogP contribution in [0.2, 0.25) is 0 Å². The van der Waals surface area contributed by atoms with Crippen molar-refractivity contribution < 1.29 is 19.8 Å². The Labute approximate surface area is 166 Å². The fourth-order valence-corrected chi connectivity index (χ4v) is 3.06. The molecule has 0 unspecified atom stereocenters. The Balaban J connectivity index is 1.85. The zero-order valence-electron chi connectivity index (χ0n) is 15.2. The number of aromatic carboxylic acids is 1. The summed E-state index contributed by atoms with van der Waals surface area (Å²) < 4.78 is 0. The molecule has 1 amide bonds. The van der Waals surface area contributed by atoms with E-state index in [4.69, 9.17) is 0 Å². The summed E-state index contributed by atoms with van der Waals surface area (Å²) in [5, 5.41) is 25.0. The van der Waals surface area contributed by atoms with Gasteiger partial charge in [-0.1, -0.05) is 54.6 Å². The lowest BCUT2D eigenvalue weighted by Crippen LogP contribution is -2.21. The normalized spacial score (nSPS) is 14.9. The van der Waals surface area contributed by atoms with Gasteiger partial charge in [0.2, 0.25) is 0 Å². The van der Waals surface area contributed by atoms with E-state index in [1.54, 1.807) is 42.5 Å². The van der Waals surface area contributed by atoms with Gasteiger partial charge in [0.25, 0.3) is 5.91 Å². The average molecular weight is 384 g/mol. The maximum absolute atomic E-state index is 13.2. The molecule has 0 atom stereocenters. The molecule has 4 rings (SSSR count). The molecule has 6 heteroatoms. The molecule has 6 nitrogen and oxygen atoms in total. The first-order valence-electron chi connectivity index (χ1n) is 8.86. The van der Waals surface area contributed by atoms with Crippen LogP contribution < -0.4 is 5.01 Å². The number of carboxylic acids is 1. The van der Waals surface area contributed by atoms with Gasteiger partial charge in [-0.3, -0.25) is 4.79 Å². The van der Waals surface area contributed by atoms with Crippen LogP contribution in [0.15, 0.2) is 89.5 Å². The monoisotopic (exact) mass is 384 g/mol. The third-order valence-electron chi connectivity index (χ3n) is 4.50. The molecule has 0 saturated heterocycles. The number of carbonyl (C=O) groups excluding carboxylic acids is 1. The number of benzene rings is 3. The molecule has 0 bridgehead atoms. The predicted molar refractivity (Wildman–Crippen MR) is 110 cm³/mol. The Morgan fingerprint density at radius 1 is 0.931 bits per heavy atom. The van der Waals surface area contributed by atoms with Crippen molar-refractivity contribution in [1.82, 2.24) is 0 Å². The van der Waals surface area contributed by atoms with E-state index in [-0.39, 0.29) is 11.3 Å². The molecule has 1 aliphatic rings. The molecule has 3 aromatic rings. The summed E-state index contributed by atoms with van der Waals surface area (Å²) in [6.45, 7) is 0. The zero-order valence-corrected chi connectivity index (χ0v) is 15.2. The first-order valence-corrected chi connectivity index (χ1v) is 8.86. The maximum Gasteiger partial charge on any atom is 0.335 e. The van der Waals surface area contributed by atoms with Crippen molar-refractivity contribution in [2.75, 3.05) is 5.01 Å². The number of para-hydroxylation sites is 1. The Morgan fingerprint density at radius 3 is 2.38 bits per heavy atom. The molecule has 0 spiro atoms. The number of hydrogen-bond acceptors (Lipinski definition) is 4. The van der Waals surface area contributed by atoms with Crippen LogP contribution in [0.1, 0.15) is 21.5 Å². The van der Waals surface area contributed by atoms with E-state index in [0.29, 0.717) is 22.5 Å². The second-order valence-corrected chi connectivity index (χ2v) is 6.40. The SMILES string of the molecule is O=C(O)c1cccc(N2N=C(c3ccccc3)/C(=C\c3ccccc3O)C2=O)c1. The van der Waals surface area contributed by atoms with Gasteiger partial charge in [0, 0.05) is 11.1 Å². The molecule has 0 aliphatic carbocycles. The minimum absolute atomic E-state index is 0.0477. The summed E-state index contributed by atoms with van der Waals surface area (Å²) in [7, 11) is 0. The van der Waals surface area contributed by atoms with E-state index < -0.39 is 11.9 Å². The van der Waals surface area contributed by atoms with Crippen LogP contribution in [0.25, 0.3) is 6.08 Å². The summed E-state index contributed by atoms with van der Waals surface area (Å²) >= 11 is 0. The van der Waals surface area contributed by atoms with Crippen LogP contribution in [-0.4, -0.2) is 27.8 Å². The number of carbonyl (C=O) groups is 2. The highest BCUT2D eigenvalue weighted by atomic mass is 16.4. The number of anilines is 1. The van der Waals surface area contributed by atoms with E-state index in [1.807, 2.05) is 30.3 Å². The van der Waals surface area contributed by atoms with E-state index in [1.165, 1.54) is 17.1 Å². The van der Waals surface area contributed by atoms with Crippen molar-refractivity contribution >= 4 is 29.4 Å². The number of amides is 1. The fourth-order valence-electron chi connectivity index (χ4n) is 3.06. The second-order valence-electron chi connectivity index (χ2n) is 6.40. The lowest BCUT2D eigenvalue weighted by atomic mass is 10.00. The number of aromatic hydroxyl groups is 1. The number of carboxylic acid groups (broad SMARTS) is 1. The van der Waals surface area contributed by atoms with Crippen molar-refractivity contribution in [3.8, 4) is 5.75 Å². The molecular weight excluding hydrogens is 368 g/mol. The first-order chi connectivity index (χ1) is 14.0. The number of nitrogens with zero attached hydrogens (tertiary/aromatic N) is 2. The van der Waals surface area contributed by atoms with Gasteiger partial charge in [0.15, 0.2) is 0 Å². The second kappa shape index (κ2) is 7.44. The fraction of sp³-hybridized carbons (Fsp3) is 0. The van der Waals surface area contributed by atoms with Crippen molar-refractivity contribution in [1.29, 1.82) is 0 Å². The first kappa shape index (κ1) is 18.2. The van der Waals surface area contributed by atoms with Crippen LogP contribution in [0.5, 0.6) is 5.75 Å². The van der Waals surface area contributed by atoms with Crippen molar-refractivity contribution in [2.24, 2.45) is 5.10 Å². The molecule has 0 aromatic heterocycles. The molecule has 2 N–H and O–H groups in total. The lowest BCUT2D eigenvalue weighted by molar-refractivity contribution is -0.114. The van der Waals surface area contributed by atoms with Crippen molar-refractivity contribution in [3.05, 3.63) is 101 Å². The highest BCUT2D eigenvalue weighted by Crippen LogP contribution is 2.30. The minimum atomic E-state index is -1.09. The van der Waals surface area contributed by atoms with Gasteiger partial charge >= 0.3 is 5.97 Å².